The molecule has 0 aromatic heterocycles. The quantitative estimate of drug-likeness (QED) is 0.704. The van der Waals surface area contributed by atoms with E-state index in [2.05, 4.69) is 12.6 Å². The van der Waals surface area contributed by atoms with Crippen LogP contribution < -0.4 is 0 Å². The summed E-state index contributed by atoms with van der Waals surface area (Å²) < 4.78 is 0. The van der Waals surface area contributed by atoms with Crippen LogP contribution in [0.15, 0.2) is 24.3 Å². The molecule has 1 N–H and O–H groups in total. The molecule has 0 heterocycles. The lowest BCUT2D eigenvalue weighted by molar-refractivity contribution is 0.475. The molecule has 0 saturated heterocycles. The van der Waals surface area contributed by atoms with Gasteiger partial charge in [0.1, 0.15) is 5.75 Å². The molecule has 1 aromatic carbocycles. The highest BCUT2D eigenvalue weighted by molar-refractivity contribution is 7.80. The van der Waals surface area contributed by atoms with E-state index in [0.29, 0.717) is 10.8 Å². The van der Waals surface area contributed by atoms with Crippen molar-refractivity contribution in [3.8, 4) is 5.75 Å². The second-order valence-electron chi connectivity index (χ2n) is 2.30. The van der Waals surface area contributed by atoms with Gasteiger partial charge in [0, 0.05) is 5.75 Å². The number of halogens is 1. The van der Waals surface area contributed by atoms with Crippen molar-refractivity contribution in [3.05, 3.63) is 34.9 Å². The minimum Gasteiger partial charge on any atom is -0.506 e. The fourth-order valence-corrected chi connectivity index (χ4v) is 1.11. The van der Waals surface area contributed by atoms with E-state index < -0.39 is 0 Å². The molecule has 0 aliphatic rings. The number of aromatic hydroxyl groups is 1. The summed E-state index contributed by atoms with van der Waals surface area (Å²) in [7, 11) is 0. The van der Waals surface area contributed by atoms with Crippen LogP contribution in [0.4, 0.5) is 0 Å². The van der Waals surface area contributed by atoms with Crippen LogP contribution in [0.3, 0.4) is 0 Å². The van der Waals surface area contributed by atoms with Crippen molar-refractivity contribution in [1.29, 1.82) is 0 Å². The van der Waals surface area contributed by atoms with Crippen molar-refractivity contribution < 1.29 is 5.11 Å². The van der Waals surface area contributed by atoms with Crippen LogP contribution in [0.2, 0.25) is 5.02 Å². The third-order valence-corrected chi connectivity index (χ3v) is 1.90. The molecule has 0 bridgehead atoms. The molecular formula is C9H9ClOS. The Morgan fingerprint density at radius 3 is 2.83 bits per heavy atom. The number of hydrogen-bond donors (Lipinski definition) is 2. The van der Waals surface area contributed by atoms with Crippen LogP contribution in [-0.4, -0.2) is 10.9 Å². The maximum absolute atomic E-state index is 9.10. The summed E-state index contributed by atoms with van der Waals surface area (Å²) in [4.78, 5) is 0. The van der Waals surface area contributed by atoms with Gasteiger partial charge in [-0.25, -0.2) is 0 Å². The van der Waals surface area contributed by atoms with Crippen LogP contribution in [-0.2, 0) is 0 Å². The van der Waals surface area contributed by atoms with Crippen molar-refractivity contribution in [2.45, 2.75) is 0 Å². The second kappa shape index (κ2) is 4.43. The van der Waals surface area contributed by atoms with Gasteiger partial charge in [-0.15, -0.1) is 0 Å². The minimum atomic E-state index is 0.111. The first-order valence-electron chi connectivity index (χ1n) is 3.50. The predicted octanol–water partition coefficient (Wildman–Crippen LogP) is 2.99. The smallest absolute Gasteiger partial charge is 0.134 e. The van der Waals surface area contributed by atoms with E-state index in [9.17, 15) is 0 Å². The highest BCUT2D eigenvalue weighted by Gasteiger charge is 1.96. The van der Waals surface area contributed by atoms with Gasteiger partial charge in [0.2, 0.25) is 0 Å². The molecule has 0 radical (unpaired) electrons. The Kier molecular flexibility index (Phi) is 3.50. The Morgan fingerprint density at radius 1 is 1.50 bits per heavy atom. The normalized spacial score (nSPS) is 10.8. The van der Waals surface area contributed by atoms with Crippen molar-refractivity contribution in [2.75, 3.05) is 5.75 Å². The Bertz CT molecular complexity index is 297. The Balaban J connectivity index is 2.89. The summed E-state index contributed by atoms with van der Waals surface area (Å²) in [6, 6.07) is 5.07. The molecule has 3 heteroatoms. The van der Waals surface area contributed by atoms with Gasteiger partial charge in [0.05, 0.1) is 5.02 Å². The molecule has 0 unspecified atom stereocenters. The SMILES string of the molecule is Oc1ccc(C=CCS)cc1Cl. The van der Waals surface area contributed by atoms with Crippen LogP contribution in [0.25, 0.3) is 6.08 Å². The zero-order valence-electron chi connectivity index (χ0n) is 6.37. The second-order valence-corrected chi connectivity index (χ2v) is 3.07. The molecule has 1 aromatic rings. The van der Waals surface area contributed by atoms with Crippen molar-refractivity contribution in [1.82, 2.24) is 0 Å². The first-order valence-corrected chi connectivity index (χ1v) is 4.51. The van der Waals surface area contributed by atoms with E-state index >= 15 is 0 Å². The van der Waals surface area contributed by atoms with Gasteiger partial charge in [-0.1, -0.05) is 29.8 Å². The monoisotopic (exact) mass is 200 g/mol. The fraction of sp³-hybridized carbons (Fsp3) is 0.111. The third-order valence-electron chi connectivity index (χ3n) is 1.39. The average Bonchev–Trinajstić information content (AvgIpc) is 2.07. The van der Waals surface area contributed by atoms with Gasteiger partial charge in [-0.2, -0.15) is 12.6 Å². The average molecular weight is 201 g/mol. The molecule has 1 rings (SSSR count). The number of hydrogen-bond acceptors (Lipinski definition) is 2. The van der Waals surface area contributed by atoms with Crippen LogP contribution in [0, 0.1) is 0 Å². The molecule has 0 spiro atoms. The van der Waals surface area contributed by atoms with E-state index in [1.54, 1.807) is 18.2 Å². The van der Waals surface area contributed by atoms with E-state index in [1.165, 1.54) is 0 Å². The van der Waals surface area contributed by atoms with E-state index in [4.69, 9.17) is 16.7 Å². The molecule has 0 aliphatic carbocycles. The van der Waals surface area contributed by atoms with Gasteiger partial charge in [-0.3, -0.25) is 0 Å². The maximum Gasteiger partial charge on any atom is 0.134 e. The molecule has 0 atom stereocenters. The van der Waals surface area contributed by atoms with Gasteiger partial charge < -0.3 is 5.11 Å². The number of thiol groups is 1. The molecule has 12 heavy (non-hydrogen) atoms. The molecule has 0 saturated carbocycles. The van der Waals surface area contributed by atoms with Gasteiger partial charge in [0.25, 0.3) is 0 Å². The number of phenols is 1. The topological polar surface area (TPSA) is 20.2 Å². The summed E-state index contributed by atoms with van der Waals surface area (Å²) in [5.41, 5.74) is 0.965. The van der Waals surface area contributed by atoms with Crippen LogP contribution in [0.5, 0.6) is 5.75 Å². The Morgan fingerprint density at radius 2 is 2.25 bits per heavy atom. The summed E-state index contributed by atoms with van der Waals surface area (Å²) in [6.07, 6.45) is 3.81. The molecule has 0 amide bonds. The zero-order valence-corrected chi connectivity index (χ0v) is 8.02. The highest BCUT2D eigenvalue weighted by Crippen LogP contribution is 2.23. The maximum atomic E-state index is 9.10. The lowest BCUT2D eigenvalue weighted by atomic mass is 10.2. The standard InChI is InChI=1S/C9H9ClOS/c10-8-6-7(2-1-5-12)3-4-9(8)11/h1-4,6,11-12H,5H2. The first-order chi connectivity index (χ1) is 5.74. The Hall–Kier alpha value is -0.600. The molecule has 1 nitrogen and oxygen atoms in total. The number of rotatable bonds is 2. The number of phenolic OH excluding ortho intramolecular Hbond substituents is 1. The fourth-order valence-electron chi connectivity index (χ4n) is 0.816. The van der Waals surface area contributed by atoms with Gasteiger partial charge >= 0.3 is 0 Å². The molecule has 0 aliphatic heterocycles. The van der Waals surface area contributed by atoms with Gasteiger partial charge in [-0.05, 0) is 17.7 Å². The van der Waals surface area contributed by atoms with Crippen molar-refractivity contribution >= 4 is 30.3 Å². The molecule has 64 valence electrons. The molecular weight excluding hydrogens is 192 g/mol. The predicted molar refractivity (Wildman–Crippen MR) is 56.0 cm³/mol. The van der Waals surface area contributed by atoms with E-state index in [1.807, 2.05) is 12.2 Å². The lowest BCUT2D eigenvalue weighted by Crippen LogP contribution is -1.73. The van der Waals surface area contributed by atoms with Gasteiger partial charge in [0.15, 0.2) is 0 Å². The lowest BCUT2D eigenvalue weighted by Gasteiger charge is -1.97. The first kappa shape index (κ1) is 9.49. The zero-order chi connectivity index (χ0) is 8.97. The Labute approximate surface area is 82.1 Å². The van der Waals surface area contributed by atoms with Crippen molar-refractivity contribution in [2.24, 2.45) is 0 Å². The van der Waals surface area contributed by atoms with E-state index in [0.717, 1.165) is 5.56 Å². The van der Waals surface area contributed by atoms with E-state index in [-0.39, 0.29) is 5.75 Å². The summed E-state index contributed by atoms with van der Waals surface area (Å²) in [5.74, 6) is 0.804. The summed E-state index contributed by atoms with van der Waals surface area (Å²) >= 11 is 9.72. The van der Waals surface area contributed by atoms with Crippen LogP contribution in [0.1, 0.15) is 5.56 Å². The van der Waals surface area contributed by atoms with Crippen molar-refractivity contribution in [3.63, 3.8) is 0 Å². The number of benzene rings is 1. The van der Waals surface area contributed by atoms with Crippen LogP contribution >= 0.6 is 24.2 Å². The summed E-state index contributed by atoms with van der Waals surface area (Å²) in [6.45, 7) is 0. The highest BCUT2D eigenvalue weighted by atomic mass is 35.5. The minimum absolute atomic E-state index is 0.111. The third kappa shape index (κ3) is 2.47. The largest absolute Gasteiger partial charge is 0.506 e. The molecule has 0 fully saturated rings. The summed E-state index contributed by atoms with van der Waals surface area (Å²) in [5, 5.41) is 9.47.